The standard InChI is InChI=1S/C12H21N3O2/c1-9-7-15(5-4-11(9)14-17)8-12(16)13-6-10-2-3-10/h9-10,17H,2-8H2,1H3,(H,13,16). The number of likely N-dealkylation sites (tertiary alicyclic amines) is 1. The van der Waals surface area contributed by atoms with Crippen molar-refractivity contribution in [1.29, 1.82) is 0 Å². The molecule has 1 aliphatic carbocycles. The van der Waals surface area contributed by atoms with Crippen LogP contribution >= 0.6 is 0 Å². The second-order valence-corrected chi connectivity index (χ2v) is 5.22. The van der Waals surface area contributed by atoms with E-state index in [9.17, 15) is 4.79 Å². The van der Waals surface area contributed by atoms with Gasteiger partial charge in [0.05, 0.1) is 12.3 Å². The van der Waals surface area contributed by atoms with Crippen LogP contribution in [-0.4, -0.2) is 47.9 Å². The van der Waals surface area contributed by atoms with Crippen molar-refractivity contribution in [2.45, 2.75) is 26.2 Å². The van der Waals surface area contributed by atoms with Crippen molar-refractivity contribution in [2.24, 2.45) is 17.0 Å². The fraction of sp³-hybridized carbons (Fsp3) is 0.833. The lowest BCUT2D eigenvalue weighted by Crippen LogP contribution is -2.45. The molecule has 5 heteroatoms. The highest BCUT2D eigenvalue weighted by Crippen LogP contribution is 2.27. The lowest BCUT2D eigenvalue weighted by atomic mass is 9.98. The molecule has 0 radical (unpaired) electrons. The average molecular weight is 239 g/mol. The van der Waals surface area contributed by atoms with E-state index in [1.165, 1.54) is 12.8 Å². The molecule has 1 aliphatic heterocycles. The molecule has 1 heterocycles. The molecule has 96 valence electrons. The largest absolute Gasteiger partial charge is 0.411 e. The smallest absolute Gasteiger partial charge is 0.234 e. The maximum atomic E-state index is 11.7. The highest BCUT2D eigenvalue weighted by Gasteiger charge is 2.25. The molecular weight excluding hydrogens is 218 g/mol. The average Bonchev–Trinajstić information content (AvgIpc) is 3.10. The Balaban J connectivity index is 1.70. The number of nitrogens with one attached hydrogen (secondary N) is 1. The molecule has 2 fully saturated rings. The zero-order chi connectivity index (χ0) is 12.3. The Labute approximate surface area is 102 Å². The van der Waals surface area contributed by atoms with E-state index in [-0.39, 0.29) is 11.8 Å². The van der Waals surface area contributed by atoms with Crippen LogP contribution in [0.5, 0.6) is 0 Å². The fourth-order valence-corrected chi connectivity index (χ4v) is 2.23. The molecule has 1 unspecified atom stereocenters. The van der Waals surface area contributed by atoms with E-state index >= 15 is 0 Å². The summed E-state index contributed by atoms with van der Waals surface area (Å²) >= 11 is 0. The molecular formula is C12H21N3O2. The molecule has 1 saturated carbocycles. The van der Waals surface area contributed by atoms with Crippen LogP contribution in [0.25, 0.3) is 0 Å². The summed E-state index contributed by atoms with van der Waals surface area (Å²) in [5, 5.41) is 15.0. The molecule has 1 saturated heterocycles. The zero-order valence-electron chi connectivity index (χ0n) is 10.4. The van der Waals surface area contributed by atoms with Gasteiger partial charge in [0, 0.05) is 32.0 Å². The third-order valence-electron chi connectivity index (χ3n) is 3.57. The summed E-state index contributed by atoms with van der Waals surface area (Å²) in [6.45, 7) is 4.95. The highest BCUT2D eigenvalue weighted by atomic mass is 16.4. The van der Waals surface area contributed by atoms with Gasteiger partial charge in [-0.15, -0.1) is 0 Å². The Morgan fingerprint density at radius 2 is 2.35 bits per heavy atom. The summed E-state index contributed by atoms with van der Waals surface area (Å²) in [6.07, 6.45) is 3.28. The van der Waals surface area contributed by atoms with Crippen LogP contribution in [0.1, 0.15) is 26.2 Å². The van der Waals surface area contributed by atoms with Gasteiger partial charge in [0.15, 0.2) is 0 Å². The summed E-state index contributed by atoms with van der Waals surface area (Å²) in [5.41, 5.74) is 0.847. The molecule has 0 bridgehead atoms. The van der Waals surface area contributed by atoms with E-state index in [0.29, 0.717) is 6.54 Å². The van der Waals surface area contributed by atoms with Crippen molar-refractivity contribution in [1.82, 2.24) is 10.2 Å². The number of carbonyl (C=O) groups excluding carboxylic acids is 1. The van der Waals surface area contributed by atoms with Crippen molar-refractivity contribution in [2.75, 3.05) is 26.2 Å². The van der Waals surface area contributed by atoms with Gasteiger partial charge in [0.1, 0.15) is 0 Å². The first-order valence-corrected chi connectivity index (χ1v) is 6.39. The van der Waals surface area contributed by atoms with Gasteiger partial charge in [0.25, 0.3) is 0 Å². The molecule has 17 heavy (non-hydrogen) atoms. The molecule has 5 nitrogen and oxygen atoms in total. The fourth-order valence-electron chi connectivity index (χ4n) is 2.23. The molecule has 0 aromatic heterocycles. The zero-order valence-corrected chi connectivity index (χ0v) is 10.4. The number of rotatable bonds is 4. The topological polar surface area (TPSA) is 64.9 Å². The number of carbonyl (C=O) groups is 1. The quantitative estimate of drug-likeness (QED) is 0.560. The first-order chi connectivity index (χ1) is 8.19. The molecule has 2 N–H and O–H groups in total. The van der Waals surface area contributed by atoms with E-state index < -0.39 is 0 Å². The summed E-state index contributed by atoms with van der Waals surface area (Å²) in [7, 11) is 0. The maximum Gasteiger partial charge on any atom is 0.234 e. The van der Waals surface area contributed by atoms with E-state index in [0.717, 1.165) is 37.7 Å². The van der Waals surface area contributed by atoms with Crippen LogP contribution in [0.15, 0.2) is 5.16 Å². The van der Waals surface area contributed by atoms with E-state index in [4.69, 9.17) is 5.21 Å². The Morgan fingerprint density at radius 3 is 2.94 bits per heavy atom. The minimum atomic E-state index is 0.119. The second kappa shape index (κ2) is 5.49. The van der Waals surface area contributed by atoms with Crippen LogP contribution in [-0.2, 0) is 4.79 Å². The van der Waals surface area contributed by atoms with Crippen molar-refractivity contribution in [3.05, 3.63) is 0 Å². The monoisotopic (exact) mass is 239 g/mol. The minimum absolute atomic E-state index is 0.119. The van der Waals surface area contributed by atoms with Gasteiger partial charge in [-0.2, -0.15) is 0 Å². The molecule has 2 aliphatic rings. The van der Waals surface area contributed by atoms with Gasteiger partial charge in [-0.3, -0.25) is 9.69 Å². The number of nitrogens with zero attached hydrogens (tertiary/aromatic N) is 2. The molecule has 0 aromatic carbocycles. The Morgan fingerprint density at radius 1 is 1.59 bits per heavy atom. The third kappa shape index (κ3) is 3.70. The van der Waals surface area contributed by atoms with Crippen LogP contribution in [0, 0.1) is 11.8 Å². The number of oxime groups is 1. The minimum Gasteiger partial charge on any atom is -0.411 e. The Hall–Kier alpha value is -1.10. The maximum absolute atomic E-state index is 11.7. The molecule has 0 aromatic rings. The second-order valence-electron chi connectivity index (χ2n) is 5.22. The van der Waals surface area contributed by atoms with E-state index in [1.807, 2.05) is 6.92 Å². The first-order valence-electron chi connectivity index (χ1n) is 6.39. The van der Waals surface area contributed by atoms with Crippen LogP contribution in [0.4, 0.5) is 0 Å². The molecule has 0 spiro atoms. The molecule has 2 rings (SSSR count). The normalized spacial score (nSPS) is 28.3. The Bertz CT molecular complexity index is 313. The summed E-state index contributed by atoms with van der Waals surface area (Å²) < 4.78 is 0. The third-order valence-corrected chi connectivity index (χ3v) is 3.57. The predicted octanol–water partition coefficient (Wildman–Crippen LogP) is 0.685. The number of hydrogen-bond acceptors (Lipinski definition) is 4. The van der Waals surface area contributed by atoms with Gasteiger partial charge >= 0.3 is 0 Å². The lowest BCUT2D eigenvalue weighted by Gasteiger charge is -2.30. The van der Waals surface area contributed by atoms with Crippen LogP contribution < -0.4 is 5.32 Å². The van der Waals surface area contributed by atoms with Gasteiger partial charge in [-0.25, -0.2) is 0 Å². The van der Waals surface area contributed by atoms with Crippen LogP contribution in [0.3, 0.4) is 0 Å². The Kier molecular flexibility index (Phi) is 3.99. The number of amides is 1. The SMILES string of the molecule is CC1CN(CC(=O)NCC2CC2)CCC1=NO. The summed E-state index contributed by atoms with van der Waals surface area (Å²) in [4.78, 5) is 13.8. The van der Waals surface area contributed by atoms with Crippen molar-refractivity contribution < 1.29 is 10.0 Å². The number of piperidine rings is 1. The predicted molar refractivity (Wildman–Crippen MR) is 65.2 cm³/mol. The van der Waals surface area contributed by atoms with Crippen LogP contribution in [0.2, 0.25) is 0 Å². The molecule has 1 amide bonds. The van der Waals surface area contributed by atoms with Crippen molar-refractivity contribution in [3.63, 3.8) is 0 Å². The van der Waals surface area contributed by atoms with E-state index in [1.54, 1.807) is 0 Å². The van der Waals surface area contributed by atoms with Gasteiger partial charge in [-0.05, 0) is 18.8 Å². The number of hydrogen-bond donors (Lipinski definition) is 2. The molecule has 1 atom stereocenters. The van der Waals surface area contributed by atoms with Gasteiger partial charge in [0.2, 0.25) is 5.91 Å². The first kappa shape index (κ1) is 12.4. The van der Waals surface area contributed by atoms with Gasteiger partial charge in [-0.1, -0.05) is 12.1 Å². The summed E-state index contributed by atoms with van der Waals surface area (Å²) in [5.74, 6) is 1.09. The van der Waals surface area contributed by atoms with Crippen molar-refractivity contribution in [3.8, 4) is 0 Å². The lowest BCUT2D eigenvalue weighted by molar-refractivity contribution is -0.122. The summed E-state index contributed by atoms with van der Waals surface area (Å²) in [6, 6.07) is 0. The van der Waals surface area contributed by atoms with Crippen molar-refractivity contribution >= 4 is 11.6 Å². The highest BCUT2D eigenvalue weighted by molar-refractivity contribution is 5.87. The van der Waals surface area contributed by atoms with Gasteiger partial charge < -0.3 is 10.5 Å². The van der Waals surface area contributed by atoms with E-state index in [2.05, 4.69) is 15.4 Å².